The van der Waals surface area contributed by atoms with Gasteiger partial charge in [0.15, 0.2) is 5.96 Å². The largest absolute Gasteiger partial charge is 0.352 e. The standard InChI is InChI=1S/C18H23FN6.HI/c1-14-12-15(4-5-16(14)19)13-23-17(20-2)24-8-10-25(11-9-24)18-21-6-3-7-22-18;/h3-7,12H,8-11,13H2,1-2H3,(H,20,23);1H. The van der Waals surface area contributed by atoms with E-state index in [0.29, 0.717) is 12.1 Å². The van der Waals surface area contributed by atoms with Crippen LogP contribution >= 0.6 is 24.0 Å². The zero-order valence-corrected chi connectivity index (χ0v) is 17.4. The van der Waals surface area contributed by atoms with Gasteiger partial charge < -0.3 is 15.1 Å². The summed E-state index contributed by atoms with van der Waals surface area (Å²) >= 11 is 0. The summed E-state index contributed by atoms with van der Waals surface area (Å²) in [6, 6.07) is 6.99. The number of guanidine groups is 1. The van der Waals surface area contributed by atoms with Gasteiger partial charge in [-0.3, -0.25) is 4.99 Å². The lowest BCUT2D eigenvalue weighted by molar-refractivity contribution is 0.370. The van der Waals surface area contributed by atoms with Crippen molar-refractivity contribution in [2.45, 2.75) is 13.5 Å². The van der Waals surface area contributed by atoms with E-state index in [1.54, 1.807) is 32.4 Å². The molecular weight excluding hydrogens is 446 g/mol. The van der Waals surface area contributed by atoms with E-state index >= 15 is 0 Å². The van der Waals surface area contributed by atoms with Gasteiger partial charge in [0.05, 0.1) is 0 Å². The molecule has 1 aromatic carbocycles. The van der Waals surface area contributed by atoms with Crippen molar-refractivity contribution < 1.29 is 4.39 Å². The highest BCUT2D eigenvalue weighted by atomic mass is 127. The van der Waals surface area contributed by atoms with E-state index in [1.165, 1.54) is 6.07 Å². The summed E-state index contributed by atoms with van der Waals surface area (Å²) in [6.07, 6.45) is 3.53. The minimum Gasteiger partial charge on any atom is -0.352 e. The quantitative estimate of drug-likeness (QED) is 0.425. The lowest BCUT2D eigenvalue weighted by Crippen LogP contribution is -2.52. The van der Waals surface area contributed by atoms with E-state index in [-0.39, 0.29) is 29.8 Å². The molecule has 1 fully saturated rings. The molecule has 1 aliphatic heterocycles. The number of aromatic nitrogens is 2. The smallest absolute Gasteiger partial charge is 0.225 e. The zero-order valence-electron chi connectivity index (χ0n) is 15.0. The molecule has 8 heteroatoms. The summed E-state index contributed by atoms with van der Waals surface area (Å²) in [5.41, 5.74) is 1.70. The van der Waals surface area contributed by atoms with Gasteiger partial charge in [0.2, 0.25) is 5.95 Å². The van der Waals surface area contributed by atoms with Gasteiger partial charge in [-0.2, -0.15) is 0 Å². The van der Waals surface area contributed by atoms with Crippen LogP contribution in [0.4, 0.5) is 10.3 Å². The topological polar surface area (TPSA) is 56.7 Å². The molecule has 0 amide bonds. The second-order valence-electron chi connectivity index (χ2n) is 6.01. The molecule has 26 heavy (non-hydrogen) atoms. The molecule has 0 aliphatic carbocycles. The van der Waals surface area contributed by atoms with E-state index in [0.717, 1.165) is 43.7 Å². The second kappa shape index (κ2) is 9.65. The van der Waals surface area contributed by atoms with Crippen molar-refractivity contribution in [1.29, 1.82) is 0 Å². The third-order valence-electron chi connectivity index (χ3n) is 4.30. The van der Waals surface area contributed by atoms with Crippen molar-refractivity contribution in [2.24, 2.45) is 4.99 Å². The Bertz CT molecular complexity index is 732. The third-order valence-corrected chi connectivity index (χ3v) is 4.30. The molecule has 6 nitrogen and oxygen atoms in total. The van der Waals surface area contributed by atoms with Crippen molar-refractivity contribution in [3.63, 3.8) is 0 Å². The number of hydrogen-bond acceptors (Lipinski definition) is 4. The minimum atomic E-state index is -0.174. The molecule has 0 atom stereocenters. The third kappa shape index (κ3) is 5.03. The molecule has 0 unspecified atom stereocenters. The SMILES string of the molecule is CN=C(NCc1ccc(F)c(C)c1)N1CCN(c2ncccn2)CC1.I. The predicted molar refractivity (Wildman–Crippen MR) is 113 cm³/mol. The first kappa shape index (κ1) is 20.3. The maximum absolute atomic E-state index is 13.4. The van der Waals surface area contributed by atoms with E-state index < -0.39 is 0 Å². The highest BCUT2D eigenvalue weighted by molar-refractivity contribution is 14.0. The van der Waals surface area contributed by atoms with E-state index in [1.807, 2.05) is 12.1 Å². The number of halogens is 2. The molecule has 1 saturated heterocycles. The lowest BCUT2D eigenvalue weighted by Gasteiger charge is -2.36. The van der Waals surface area contributed by atoms with Crippen LogP contribution in [-0.4, -0.2) is 54.1 Å². The number of anilines is 1. The lowest BCUT2D eigenvalue weighted by atomic mass is 10.1. The van der Waals surface area contributed by atoms with Gasteiger partial charge in [0.25, 0.3) is 0 Å². The van der Waals surface area contributed by atoms with Crippen LogP contribution in [0.5, 0.6) is 0 Å². The molecule has 0 radical (unpaired) electrons. The van der Waals surface area contributed by atoms with Gasteiger partial charge >= 0.3 is 0 Å². The van der Waals surface area contributed by atoms with Gasteiger partial charge in [-0.1, -0.05) is 12.1 Å². The molecular formula is C18H24FIN6. The molecule has 3 rings (SSSR count). The average Bonchev–Trinajstić information content (AvgIpc) is 2.66. The Kier molecular flexibility index (Phi) is 7.55. The number of benzene rings is 1. The van der Waals surface area contributed by atoms with Gasteiger partial charge in [-0.05, 0) is 30.2 Å². The molecule has 0 bridgehead atoms. The monoisotopic (exact) mass is 470 g/mol. The Labute approximate surface area is 170 Å². The Morgan fingerprint density at radius 2 is 1.88 bits per heavy atom. The van der Waals surface area contributed by atoms with Crippen LogP contribution in [0.1, 0.15) is 11.1 Å². The number of hydrogen-bond donors (Lipinski definition) is 1. The van der Waals surface area contributed by atoms with E-state index in [9.17, 15) is 4.39 Å². The van der Waals surface area contributed by atoms with E-state index in [4.69, 9.17) is 0 Å². The number of nitrogens with one attached hydrogen (secondary N) is 1. The average molecular weight is 470 g/mol. The summed E-state index contributed by atoms with van der Waals surface area (Å²) in [4.78, 5) is 17.4. The second-order valence-corrected chi connectivity index (χ2v) is 6.01. The number of piperazine rings is 1. The highest BCUT2D eigenvalue weighted by Crippen LogP contribution is 2.11. The molecule has 140 valence electrons. The van der Waals surface area contributed by atoms with Gasteiger partial charge in [0, 0.05) is 52.2 Å². The first-order valence-electron chi connectivity index (χ1n) is 8.40. The minimum absolute atomic E-state index is 0. The molecule has 1 aliphatic rings. The highest BCUT2D eigenvalue weighted by Gasteiger charge is 2.20. The first-order valence-corrected chi connectivity index (χ1v) is 8.40. The Morgan fingerprint density at radius 3 is 2.50 bits per heavy atom. The summed E-state index contributed by atoms with van der Waals surface area (Å²) in [6.45, 7) is 5.79. The van der Waals surface area contributed by atoms with Crippen molar-refractivity contribution in [1.82, 2.24) is 20.2 Å². The van der Waals surface area contributed by atoms with Crippen molar-refractivity contribution in [3.05, 3.63) is 53.6 Å². The molecule has 0 spiro atoms. The maximum atomic E-state index is 13.4. The normalized spacial score (nSPS) is 14.8. The van der Waals surface area contributed by atoms with Crippen molar-refractivity contribution in [2.75, 3.05) is 38.1 Å². The van der Waals surface area contributed by atoms with Crippen LogP contribution in [0.25, 0.3) is 0 Å². The summed E-state index contributed by atoms with van der Waals surface area (Å²) in [5, 5.41) is 3.36. The van der Waals surface area contributed by atoms with Crippen LogP contribution in [0, 0.1) is 12.7 Å². The number of nitrogens with zero attached hydrogens (tertiary/aromatic N) is 5. The van der Waals surface area contributed by atoms with Gasteiger partial charge in [0.1, 0.15) is 5.82 Å². The maximum Gasteiger partial charge on any atom is 0.225 e. The summed E-state index contributed by atoms with van der Waals surface area (Å²) in [7, 11) is 1.78. The Balaban J connectivity index is 0.00000243. The van der Waals surface area contributed by atoms with Gasteiger partial charge in [-0.15, -0.1) is 24.0 Å². The summed E-state index contributed by atoms with van der Waals surface area (Å²) < 4.78 is 13.4. The zero-order chi connectivity index (χ0) is 17.6. The molecule has 0 saturated carbocycles. The fourth-order valence-electron chi connectivity index (χ4n) is 2.90. The summed E-state index contributed by atoms with van der Waals surface area (Å²) in [5.74, 6) is 1.45. The first-order chi connectivity index (χ1) is 12.2. The van der Waals surface area contributed by atoms with Crippen LogP contribution in [0.2, 0.25) is 0 Å². The Hall–Kier alpha value is -1.97. The van der Waals surface area contributed by atoms with Crippen molar-refractivity contribution in [3.8, 4) is 0 Å². The van der Waals surface area contributed by atoms with Crippen LogP contribution in [0.3, 0.4) is 0 Å². The van der Waals surface area contributed by atoms with E-state index in [2.05, 4.69) is 30.1 Å². The number of aliphatic imine (C=N–C) groups is 1. The molecule has 2 aromatic rings. The molecule has 2 heterocycles. The molecule has 1 aromatic heterocycles. The van der Waals surface area contributed by atoms with Gasteiger partial charge in [-0.25, -0.2) is 14.4 Å². The van der Waals surface area contributed by atoms with Crippen molar-refractivity contribution >= 4 is 35.9 Å². The number of rotatable bonds is 3. The molecule has 1 N–H and O–H groups in total. The van der Waals surface area contributed by atoms with Crippen LogP contribution < -0.4 is 10.2 Å². The fraction of sp³-hybridized carbons (Fsp3) is 0.389. The van der Waals surface area contributed by atoms with Crippen LogP contribution in [0.15, 0.2) is 41.7 Å². The fourth-order valence-corrected chi connectivity index (χ4v) is 2.90. The predicted octanol–water partition coefficient (Wildman–Crippen LogP) is 2.44. The Morgan fingerprint density at radius 1 is 1.19 bits per heavy atom. The number of aryl methyl sites for hydroxylation is 1. The van der Waals surface area contributed by atoms with Crippen LogP contribution in [-0.2, 0) is 6.54 Å².